The maximum absolute atomic E-state index is 12.1. The van der Waals surface area contributed by atoms with Gasteiger partial charge in [-0.05, 0) is 50.5 Å². The zero-order valence-electron chi connectivity index (χ0n) is 14.1. The summed E-state index contributed by atoms with van der Waals surface area (Å²) in [5, 5.41) is 2.84. The molecule has 1 heterocycles. The minimum absolute atomic E-state index is 0.0621. The van der Waals surface area contributed by atoms with Crippen LogP contribution in [0.4, 0.5) is 0 Å². The van der Waals surface area contributed by atoms with Crippen molar-refractivity contribution in [2.45, 2.75) is 43.7 Å². The Hall–Kier alpha value is -2.19. The maximum Gasteiger partial charge on any atom is 0.251 e. The second-order valence-corrected chi connectivity index (χ2v) is 7.91. The highest BCUT2D eigenvalue weighted by Gasteiger charge is 2.27. The molecule has 0 unspecified atom stereocenters. The van der Waals surface area contributed by atoms with Gasteiger partial charge in [-0.25, -0.2) is 18.1 Å². The second kappa shape index (κ2) is 7.37. The number of hydrogen-bond donors (Lipinski definition) is 2. The monoisotopic (exact) mass is 362 g/mol. The van der Waals surface area contributed by atoms with E-state index in [-0.39, 0.29) is 16.8 Å². The fraction of sp³-hybridized carbons (Fsp3) is 0.412. The van der Waals surface area contributed by atoms with Crippen molar-refractivity contribution in [3.05, 3.63) is 48.0 Å². The third-order valence-electron chi connectivity index (χ3n) is 4.11. The standard InChI is InChI=1S/C17H22N4O3S/c1-13-18-10-12-21(13)11-2-9-19-17(22)14-3-7-16(8-4-14)25(23,24)20-15-5-6-15/h3-4,7-8,10,12,15,20H,2,5-6,9,11H2,1H3,(H,19,22). The van der Waals surface area contributed by atoms with Crippen molar-refractivity contribution in [1.82, 2.24) is 19.6 Å². The molecule has 3 rings (SSSR count). The van der Waals surface area contributed by atoms with Gasteiger partial charge in [-0.3, -0.25) is 4.79 Å². The Kier molecular flexibility index (Phi) is 5.19. The van der Waals surface area contributed by atoms with E-state index < -0.39 is 10.0 Å². The summed E-state index contributed by atoms with van der Waals surface area (Å²) in [7, 11) is -3.48. The number of hydrogen-bond acceptors (Lipinski definition) is 4. The van der Waals surface area contributed by atoms with E-state index in [1.54, 1.807) is 6.20 Å². The zero-order chi connectivity index (χ0) is 17.9. The lowest BCUT2D eigenvalue weighted by atomic mass is 10.2. The second-order valence-electron chi connectivity index (χ2n) is 6.20. The number of benzene rings is 1. The molecular formula is C17H22N4O3S. The van der Waals surface area contributed by atoms with Crippen LogP contribution in [0.2, 0.25) is 0 Å². The third-order valence-corrected chi connectivity index (χ3v) is 5.65. The van der Waals surface area contributed by atoms with Crippen LogP contribution in [0.5, 0.6) is 0 Å². The highest BCUT2D eigenvalue weighted by molar-refractivity contribution is 7.89. The molecule has 0 bridgehead atoms. The van der Waals surface area contributed by atoms with Gasteiger partial charge in [-0.15, -0.1) is 0 Å². The number of carbonyl (C=O) groups excluding carboxylic acids is 1. The summed E-state index contributed by atoms with van der Waals surface area (Å²) < 4.78 is 28.8. The van der Waals surface area contributed by atoms with Crippen molar-refractivity contribution in [3.63, 3.8) is 0 Å². The van der Waals surface area contributed by atoms with E-state index in [9.17, 15) is 13.2 Å². The zero-order valence-corrected chi connectivity index (χ0v) is 14.9. The van der Waals surface area contributed by atoms with Crippen molar-refractivity contribution in [2.24, 2.45) is 0 Å². The molecule has 1 aromatic heterocycles. The lowest BCUT2D eigenvalue weighted by molar-refractivity contribution is 0.0952. The van der Waals surface area contributed by atoms with Gasteiger partial charge in [-0.2, -0.15) is 0 Å². The molecule has 1 amide bonds. The molecule has 1 saturated carbocycles. The first-order valence-electron chi connectivity index (χ1n) is 8.34. The van der Waals surface area contributed by atoms with Gasteiger partial charge in [0.15, 0.2) is 0 Å². The first-order valence-corrected chi connectivity index (χ1v) is 9.82. The lowest BCUT2D eigenvalue weighted by Gasteiger charge is -2.08. The molecule has 25 heavy (non-hydrogen) atoms. The normalized spacial score (nSPS) is 14.4. The van der Waals surface area contributed by atoms with Crippen LogP contribution in [-0.2, 0) is 16.6 Å². The molecule has 2 aromatic rings. The fourth-order valence-corrected chi connectivity index (χ4v) is 3.77. The fourth-order valence-electron chi connectivity index (χ4n) is 2.47. The van der Waals surface area contributed by atoms with Crippen LogP contribution < -0.4 is 10.0 Å². The summed E-state index contributed by atoms with van der Waals surface area (Å²) in [6.07, 6.45) is 6.23. The quantitative estimate of drug-likeness (QED) is 0.695. The molecule has 0 radical (unpaired) electrons. The molecular weight excluding hydrogens is 340 g/mol. The number of sulfonamides is 1. The van der Waals surface area contributed by atoms with Crippen molar-refractivity contribution in [3.8, 4) is 0 Å². The Balaban J connectivity index is 1.49. The molecule has 2 N–H and O–H groups in total. The molecule has 0 saturated heterocycles. The number of carbonyl (C=O) groups is 1. The van der Waals surface area contributed by atoms with E-state index in [0.29, 0.717) is 12.1 Å². The van der Waals surface area contributed by atoms with Gasteiger partial charge in [0.1, 0.15) is 5.82 Å². The third kappa shape index (κ3) is 4.67. The molecule has 1 aliphatic rings. The molecule has 7 nitrogen and oxygen atoms in total. The van der Waals surface area contributed by atoms with Crippen molar-refractivity contribution < 1.29 is 13.2 Å². The van der Waals surface area contributed by atoms with E-state index >= 15 is 0 Å². The highest BCUT2D eigenvalue weighted by Crippen LogP contribution is 2.22. The van der Waals surface area contributed by atoms with E-state index in [0.717, 1.165) is 31.6 Å². The Morgan fingerprint density at radius 1 is 1.28 bits per heavy atom. The van der Waals surface area contributed by atoms with Gasteiger partial charge in [0, 0.05) is 37.1 Å². The van der Waals surface area contributed by atoms with E-state index in [1.165, 1.54) is 24.3 Å². The predicted molar refractivity (Wildman–Crippen MR) is 93.7 cm³/mol. The molecule has 1 aromatic carbocycles. The summed E-state index contributed by atoms with van der Waals surface area (Å²) in [5.74, 6) is 0.740. The molecule has 134 valence electrons. The molecule has 0 spiro atoms. The van der Waals surface area contributed by atoms with Crippen LogP contribution in [-0.4, -0.2) is 36.5 Å². The number of amides is 1. The summed E-state index contributed by atoms with van der Waals surface area (Å²) in [4.78, 5) is 16.5. The maximum atomic E-state index is 12.1. The van der Waals surface area contributed by atoms with Crippen LogP contribution >= 0.6 is 0 Å². The van der Waals surface area contributed by atoms with Gasteiger partial charge < -0.3 is 9.88 Å². The predicted octanol–water partition coefficient (Wildman–Crippen LogP) is 1.45. The largest absolute Gasteiger partial charge is 0.352 e. The number of rotatable bonds is 8. The van der Waals surface area contributed by atoms with Crippen molar-refractivity contribution in [2.75, 3.05) is 6.54 Å². The van der Waals surface area contributed by atoms with E-state index in [1.807, 2.05) is 17.7 Å². The van der Waals surface area contributed by atoms with Gasteiger partial charge in [0.2, 0.25) is 10.0 Å². The molecule has 8 heteroatoms. The average molecular weight is 362 g/mol. The number of imidazole rings is 1. The van der Waals surface area contributed by atoms with E-state index in [4.69, 9.17) is 0 Å². The van der Waals surface area contributed by atoms with Crippen molar-refractivity contribution >= 4 is 15.9 Å². The summed E-state index contributed by atoms with van der Waals surface area (Å²) >= 11 is 0. The average Bonchev–Trinajstić information content (AvgIpc) is 3.30. The molecule has 1 fully saturated rings. The van der Waals surface area contributed by atoms with Crippen molar-refractivity contribution in [1.29, 1.82) is 0 Å². The Morgan fingerprint density at radius 2 is 2.00 bits per heavy atom. The molecule has 1 aliphatic carbocycles. The van der Waals surface area contributed by atoms with Crippen LogP contribution in [0.25, 0.3) is 0 Å². The van der Waals surface area contributed by atoms with Gasteiger partial charge in [-0.1, -0.05) is 0 Å². The minimum Gasteiger partial charge on any atom is -0.352 e. The Morgan fingerprint density at radius 3 is 2.60 bits per heavy atom. The van der Waals surface area contributed by atoms with Crippen LogP contribution in [0.15, 0.2) is 41.6 Å². The Labute approximate surface area is 147 Å². The van der Waals surface area contributed by atoms with Gasteiger partial charge in [0.05, 0.1) is 4.90 Å². The molecule has 0 atom stereocenters. The number of aryl methyl sites for hydroxylation is 2. The molecule has 0 aliphatic heterocycles. The van der Waals surface area contributed by atoms with E-state index in [2.05, 4.69) is 15.0 Å². The summed E-state index contributed by atoms with van der Waals surface area (Å²) in [6.45, 7) is 3.27. The first-order chi connectivity index (χ1) is 12.0. The SMILES string of the molecule is Cc1nccn1CCCNC(=O)c1ccc(S(=O)(=O)NC2CC2)cc1. The van der Waals surface area contributed by atoms with Crippen LogP contribution in [0, 0.1) is 6.92 Å². The van der Waals surface area contributed by atoms with Crippen LogP contribution in [0.1, 0.15) is 35.4 Å². The highest BCUT2D eigenvalue weighted by atomic mass is 32.2. The minimum atomic E-state index is -3.48. The first kappa shape index (κ1) is 17.6. The topological polar surface area (TPSA) is 93.1 Å². The lowest BCUT2D eigenvalue weighted by Crippen LogP contribution is -2.27. The number of nitrogens with one attached hydrogen (secondary N) is 2. The number of nitrogens with zero attached hydrogens (tertiary/aromatic N) is 2. The Bertz CT molecular complexity index is 839. The number of aromatic nitrogens is 2. The summed E-state index contributed by atoms with van der Waals surface area (Å²) in [6, 6.07) is 6.07. The van der Waals surface area contributed by atoms with Gasteiger partial charge in [0.25, 0.3) is 5.91 Å². The summed E-state index contributed by atoms with van der Waals surface area (Å²) in [5.41, 5.74) is 0.448. The van der Waals surface area contributed by atoms with Crippen LogP contribution in [0.3, 0.4) is 0 Å². The smallest absolute Gasteiger partial charge is 0.251 e. The van der Waals surface area contributed by atoms with Gasteiger partial charge >= 0.3 is 0 Å².